The van der Waals surface area contributed by atoms with Crippen LogP contribution >= 0.6 is 0 Å². The van der Waals surface area contributed by atoms with Gasteiger partial charge in [0.05, 0.1) is 11.8 Å². The number of benzene rings is 1. The Hall–Kier alpha value is -2.54. The molecular weight excluding hydrogens is 301 g/mol. The van der Waals surface area contributed by atoms with Gasteiger partial charge in [0.1, 0.15) is 11.5 Å². The van der Waals surface area contributed by atoms with Crippen LogP contribution in [0, 0.1) is 5.82 Å². The van der Waals surface area contributed by atoms with Crippen molar-refractivity contribution >= 4 is 5.91 Å². The molecular formula is C16H18FN3O3. The summed E-state index contributed by atoms with van der Waals surface area (Å²) in [5.74, 6) is -0.920. The monoisotopic (exact) mass is 319 g/mol. The third-order valence-electron chi connectivity index (χ3n) is 3.22. The van der Waals surface area contributed by atoms with Gasteiger partial charge in [0.15, 0.2) is 0 Å². The minimum atomic E-state index is -0.619. The molecule has 0 fully saturated rings. The molecule has 2 aromatic rings. The zero-order valence-corrected chi connectivity index (χ0v) is 12.7. The van der Waals surface area contributed by atoms with Crippen LogP contribution in [0.25, 0.3) is 5.69 Å². The summed E-state index contributed by atoms with van der Waals surface area (Å²) in [7, 11) is 0. The molecule has 0 aliphatic carbocycles. The van der Waals surface area contributed by atoms with E-state index in [2.05, 4.69) is 10.4 Å². The van der Waals surface area contributed by atoms with E-state index >= 15 is 0 Å². The zero-order valence-electron chi connectivity index (χ0n) is 12.7. The summed E-state index contributed by atoms with van der Waals surface area (Å²) in [5.41, 5.74) is -0.0335. The van der Waals surface area contributed by atoms with E-state index in [0.29, 0.717) is 12.1 Å². The van der Waals surface area contributed by atoms with E-state index < -0.39 is 23.4 Å². The summed E-state index contributed by atoms with van der Waals surface area (Å²) >= 11 is 0. The highest BCUT2D eigenvalue weighted by atomic mass is 19.1. The Kier molecular flexibility index (Phi) is 5.59. The van der Waals surface area contributed by atoms with Gasteiger partial charge in [-0.25, -0.2) is 4.39 Å². The predicted molar refractivity (Wildman–Crippen MR) is 83.0 cm³/mol. The molecule has 0 aliphatic rings. The van der Waals surface area contributed by atoms with Crippen molar-refractivity contribution in [3.8, 4) is 5.69 Å². The van der Waals surface area contributed by atoms with Crippen LogP contribution in [0.1, 0.15) is 30.3 Å². The van der Waals surface area contributed by atoms with Crippen molar-refractivity contribution < 1.29 is 14.3 Å². The molecule has 2 N–H and O–H groups in total. The van der Waals surface area contributed by atoms with Crippen molar-refractivity contribution in [1.29, 1.82) is 0 Å². The number of hydrogen-bond acceptors (Lipinski definition) is 4. The van der Waals surface area contributed by atoms with Crippen LogP contribution in [-0.4, -0.2) is 33.4 Å². The van der Waals surface area contributed by atoms with Crippen LogP contribution in [0.2, 0.25) is 0 Å². The lowest BCUT2D eigenvalue weighted by atomic mass is 10.2. The Balaban J connectivity index is 2.18. The van der Waals surface area contributed by atoms with Gasteiger partial charge in [-0.15, -0.1) is 0 Å². The van der Waals surface area contributed by atoms with Gasteiger partial charge in [-0.2, -0.15) is 9.78 Å². The number of rotatable bonds is 6. The van der Waals surface area contributed by atoms with E-state index in [0.717, 1.165) is 11.1 Å². The molecule has 1 amide bonds. The first kappa shape index (κ1) is 16.8. The van der Waals surface area contributed by atoms with E-state index in [1.807, 2.05) is 6.92 Å². The van der Waals surface area contributed by atoms with Gasteiger partial charge in [0.2, 0.25) is 0 Å². The summed E-state index contributed by atoms with van der Waals surface area (Å²) in [5, 5.41) is 16.2. The second-order valence-corrected chi connectivity index (χ2v) is 5.10. The number of amides is 1. The van der Waals surface area contributed by atoms with E-state index in [4.69, 9.17) is 0 Å². The summed E-state index contributed by atoms with van der Waals surface area (Å²) in [6, 6.07) is 7.74. The summed E-state index contributed by atoms with van der Waals surface area (Å²) in [6.45, 7) is 2.05. The zero-order chi connectivity index (χ0) is 16.8. The molecule has 7 heteroatoms. The Bertz CT molecular complexity index is 728. The quantitative estimate of drug-likeness (QED) is 0.839. The first-order valence-electron chi connectivity index (χ1n) is 7.34. The number of nitrogens with zero attached hydrogens (tertiary/aromatic N) is 2. The van der Waals surface area contributed by atoms with E-state index in [1.165, 1.54) is 36.4 Å². The Morgan fingerprint density at radius 1 is 1.30 bits per heavy atom. The largest absolute Gasteiger partial charge is 0.391 e. The van der Waals surface area contributed by atoms with Crippen LogP contribution in [-0.2, 0) is 0 Å². The number of hydrogen-bond donors (Lipinski definition) is 2. The molecule has 0 aliphatic heterocycles. The van der Waals surface area contributed by atoms with Crippen LogP contribution < -0.4 is 10.9 Å². The predicted octanol–water partition coefficient (Wildman–Crippen LogP) is 1.26. The third-order valence-corrected chi connectivity index (χ3v) is 3.22. The standard InChI is InChI=1S/C16H18FN3O3/c1-2-3-13(21)10-18-16(23)14-8-9-15(22)20(19-14)12-6-4-11(17)5-7-12/h4-9,13,21H,2-3,10H2,1H3,(H,18,23). The highest BCUT2D eigenvalue weighted by molar-refractivity contribution is 5.92. The van der Waals surface area contributed by atoms with E-state index in [1.54, 1.807) is 0 Å². The SMILES string of the molecule is CCCC(O)CNC(=O)c1ccc(=O)n(-c2ccc(F)cc2)n1. The Morgan fingerprint density at radius 2 is 2.00 bits per heavy atom. The van der Waals surface area contributed by atoms with Gasteiger partial charge >= 0.3 is 0 Å². The van der Waals surface area contributed by atoms with Crippen molar-refractivity contribution in [2.75, 3.05) is 6.54 Å². The van der Waals surface area contributed by atoms with E-state index in [9.17, 15) is 19.1 Å². The molecule has 6 nitrogen and oxygen atoms in total. The minimum absolute atomic E-state index is 0.0395. The van der Waals surface area contributed by atoms with Crippen molar-refractivity contribution in [3.63, 3.8) is 0 Å². The van der Waals surface area contributed by atoms with Crippen molar-refractivity contribution in [3.05, 3.63) is 58.3 Å². The molecule has 2 rings (SSSR count). The summed E-state index contributed by atoms with van der Waals surface area (Å²) in [4.78, 5) is 23.9. The maximum absolute atomic E-state index is 13.0. The van der Waals surface area contributed by atoms with Crippen molar-refractivity contribution in [2.24, 2.45) is 0 Å². The average Bonchev–Trinajstić information content (AvgIpc) is 2.54. The Morgan fingerprint density at radius 3 is 2.65 bits per heavy atom. The number of carbonyl (C=O) groups excluding carboxylic acids is 1. The number of carbonyl (C=O) groups is 1. The normalized spacial score (nSPS) is 12.0. The van der Waals surface area contributed by atoms with Gasteiger partial charge in [0, 0.05) is 12.6 Å². The van der Waals surface area contributed by atoms with Gasteiger partial charge in [-0.3, -0.25) is 9.59 Å². The number of nitrogens with one attached hydrogen (secondary N) is 1. The van der Waals surface area contributed by atoms with Crippen LogP contribution in [0.4, 0.5) is 4.39 Å². The van der Waals surface area contributed by atoms with Gasteiger partial charge < -0.3 is 10.4 Å². The molecule has 0 saturated carbocycles. The van der Waals surface area contributed by atoms with Crippen LogP contribution in [0.3, 0.4) is 0 Å². The third kappa shape index (κ3) is 4.46. The molecule has 1 aromatic heterocycles. The first-order chi connectivity index (χ1) is 11.0. The number of aliphatic hydroxyl groups is 1. The molecule has 122 valence electrons. The molecule has 0 bridgehead atoms. The lowest BCUT2D eigenvalue weighted by molar-refractivity contribution is 0.0903. The maximum atomic E-state index is 13.0. The summed E-state index contributed by atoms with van der Waals surface area (Å²) in [6.07, 6.45) is 0.778. The summed E-state index contributed by atoms with van der Waals surface area (Å²) < 4.78 is 14.0. The fraction of sp³-hybridized carbons (Fsp3) is 0.312. The highest BCUT2D eigenvalue weighted by Crippen LogP contribution is 2.06. The molecule has 1 heterocycles. The molecule has 23 heavy (non-hydrogen) atoms. The molecule has 0 radical (unpaired) electrons. The van der Waals surface area contributed by atoms with Gasteiger partial charge in [0.25, 0.3) is 11.5 Å². The number of aliphatic hydroxyl groups excluding tert-OH is 1. The lowest BCUT2D eigenvalue weighted by Gasteiger charge is -2.11. The Labute approximate surface area is 132 Å². The average molecular weight is 319 g/mol. The lowest BCUT2D eigenvalue weighted by Crippen LogP contribution is -2.34. The fourth-order valence-corrected chi connectivity index (χ4v) is 2.04. The second-order valence-electron chi connectivity index (χ2n) is 5.10. The fourth-order valence-electron chi connectivity index (χ4n) is 2.04. The molecule has 1 atom stereocenters. The second kappa shape index (κ2) is 7.64. The van der Waals surface area contributed by atoms with Crippen molar-refractivity contribution in [1.82, 2.24) is 15.1 Å². The molecule has 0 spiro atoms. The molecule has 0 saturated heterocycles. The molecule has 1 aromatic carbocycles. The van der Waals surface area contributed by atoms with Gasteiger partial charge in [-0.1, -0.05) is 13.3 Å². The highest BCUT2D eigenvalue weighted by Gasteiger charge is 2.12. The maximum Gasteiger partial charge on any atom is 0.271 e. The van der Waals surface area contributed by atoms with Crippen LogP contribution in [0.15, 0.2) is 41.2 Å². The minimum Gasteiger partial charge on any atom is -0.391 e. The van der Waals surface area contributed by atoms with Crippen LogP contribution in [0.5, 0.6) is 0 Å². The first-order valence-corrected chi connectivity index (χ1v) is 7.34. The van der Waals surface area contributed by atoms with Gasteiger partial charge in [-0.05, 0) is 36.8 Å². The topological polar surface area (TPSA) is 84.2 Å². The number of halogens is 1. The number of aromatic nitrogens is 2. The van der Waals surface area contributed by atoms with Crippen molar-refractivity contribution in [2.45, 2.75) is 25.9 Å². The molecule has 1 unspecified atom stereocenters. The van der Waals surface area contributed by atoms with E-state index in [-0.39, 0.29) is 12.2 Å². The smallest absolute Gasteiger partial charge is 0.271 e.